The first-order valence-electron chi connectivity index (χ1n) is 8.96. The third-order valence-electron chi connectivity index (χ3n) is 4.95. The fraction of sp³-hybridized carbons (Fsp3) is 0.350. The van der Waals surface area contributed by atoms with E-state index in [9.17, 15) is 4.79 Å². The van der Waals surface area contributed by atoms with E-state index in [0.717, 1.165) is 24.8 Å². The molecule has 128 valence electrons. The Morgan fingerprint density at radius 2 is 1.88 bits per heavy atom. The van der Waals surface area contributed by atoms with E-state index in [1.165, 1.54) is 29.7 Å². The average molecular weight is 334 g/mol. The van der Waals surface area contributed by atoms with Crippen molar-refractivity contribution >= 4 is 11.6 Å². The predicted octanol–water partition coefficient (Wildman–Crippen LogP) is 3.10. The lowest BCUT2D eigenvalue weighted by Gasteiger charge is -2.15. The summed E-state index contributed by atoms with van der Waals surface area (Å²) in [6.45, 7) is 2.64. The van der Waals surface area contributed by atoms with Gasteiger partial charge in [0, 0.05) is 18.4 Å². The highest BCUT2D eigenvalue weighted by Crippen LogP contribution is 2.22. The van der Waals surface area contributed by atoms with Gasteiger partial charge in [0.1, 0.15) is 5.56 Å². The van der Waals surface area contributed by atoms with Gasteiger partial charge in [0.2, 0.25) is 0 Å². The molecule has 4 rings (SSSR count). The van der Waals surface area contributed by atoms with Gasteiger partial charge in [-0.1, -0.05) is 31.2 Å². The lowest BCUT2D eigenvalue weighted by atomic mass is 9.97. The second-order valence-electron chi connectivity index (χ2n) is 6.58. The molecule has 0 radical (unpaired) electrons. The zero-order chi connectivity index (χ0) is 17.2. The van der Waals surface area contributed by atoms with Crippen molar-refractivity contribution in [2.24, 2.45) is 0 Å². The highest BCUT2D eigenvalue weighted by atomic mass is 16.1. The predicted molar refractivity (Wildman–Crippen MR) is 96.6 cm³/mol. The molecule has 0 fully saturated rings. The Bertz CT molecular complexity index is 911. The molecule has 1 aliphatic rings. The second kappa shape index (κ2) is 6.67. The molecule has 0 bridgehead atoms. The van der Waals surface area contributed by atoms with Crippen LogP contribution in [0, 0.1) is 0 Å². The summed E-state index contributed by atoms with van der Waals surface area (Å²) >= 11 is 0. The Hall–Kier alpha value is -2.69. The number of aromatic nitrogens is 3. The largest absolute Gasteiger partial charge is 0.348 e. The molecule has 5 heteroatoms. The Morgan fingerprint density at radius 1 is 1.12 bits per heavy atom. The van der Waals surface area contributed by atoms with Crippen LogP contribution in [0.1, 0.15) is 52.5 Å². The first-order valence-corrected chi connectivity index (χ1v) is 8.96. The van der Waals surface area contributed by atoms with E-state index in [-0.39, 0.29) is 5.91 Å². The van der Waals surface area contributed by atoms with Crippen molar-refractivity contribution in [2.75, 3.05) is 0 Å². The lowest BCUT2D eigenvalue weighted by molar-refractivity contribution is 0.0952. The van der Waals surface area contributed by atoms with Crippen LogP contribution in [0.25, 0.3) is 5.65 Å². The smallest absolute Gasteiger partial charge is 0.257 e. The zero-order valence-electron chi connectivity index (χ0n) is 14.5. The highest BCUT2D eigenvalue weighted by Gasteiger charge is 2.19. The van der Waals surface area contributed by atoms with Crippen LogP contribution in [-0.2, 0) is 25.8 Å². The molecule has 25 heavy (non-hydrogen) atoms. The van der Waals surface area contributed by atoms with E-state index in [0.29, 0.717) is 17.8 Å². The fourth-order valence-electron chi connectivity index (χ4n) is 3.43. The molecule has 3 aromatic rings. The van der Waals surface area contributed by atoms with Crippen LogP contribution in [-0.4, -0.2) is 20.5 Å². The molecular weight excluding hydrogens is 312 g/mol. The first-order chi connectivity index (χ1) is 12.3. The minimum absolute atomic E-state index is 0.127. The van der Waals surface area contributed by atoms with Gasteiger partial charge in [0.25, 0.3) is 5.91 Å². The first kappa shape index (κ1) is 15.8. The topological polar surface area (TPSA) is 59.3 Å². The monoisotopic (exact) mass is 334 g/mol. The van der Waals surface area contributed by atoms with Crippen molar-refractivity contribution in [3.8, 4) is 0 Å². The third kappa shape index (κ3) is 3.02. The molecule has 0 saturated heterocycles. The summed E-state index contributed by atoms with van der Waals surface area (Å²) in [6.07, 6.45) is 8.98. The summed E-state index contributed by atoms with van der Waals surface area (Å²) in [5, 5.41) is 7.40. The lowest BCUT2D eigenvalue weighted by Crippen LogP contribution is -2.23. The number of carbonyl (C=O) groups excluding carboxylic acids is 1. The van der Waals surface area contributed by atoms with Gasteiger partial charge in [0.15, 0.2) is 5.65 Å². The van der Waals surface area contributed by atoms with Crippen molar-refractivity contribution in [2.45, 2.75) is 45.6 Å². The molecule has 2 heterocycles. The summed E-state index contributed by atoms with van der Waals surface area (Å²) in [6, 6.07) is 8.32. The highest BCUT2D eigenvalue weighted by molar-refractivity contribution is 5.99. The molecule has 1 aliphatic carbocycles. The fourth-order valence-corrected chi connectivity index (χ4v) is 3.43. The van der Waals surface area contributed by atoms with Gasteiger partial charge in [-0.25, -0.2) is 9.50 Å². The van der Waals surface area contributed by atoms with Crippen LogP contribution in [0.4, 0.5) is 0 Å². The van der Waals surface area contributed by atoms with Crippen LogP contribution in [0.5, 0.6) is 0 Å². The maximum Gasteiger partial charge on any atom is 0.257 e. The molecule has 5 nitrogen and oxygen atoms in total. The summed E-state index contributed by atoms with van der Waals surface area (Å²) in [5.41, 5.74) is 6.03. The standard InChI is InChI=1S/C20H22N4O/c1-2-14-7-9-15(10-8-14)11-22-20(25)17-13-23-24-18-6-4-3-5-16(18)12-21-19(17)24/h7-10,12-13H,2-6,11H2,1H3,(H,22,25). The maximum absolute atomic E-state index is 12.6. The van der Waals surface area contributed by atoms with E-state index in [4.69, 9.17) is 0 Å². The molecule has 1 N–H and O–H groups in total. The zero-order valence-corrected chi connectivity index (χ0v) is 14.5. The number of nitrogens with zero attached hydrogens (tertiary/aromatic N) is 3. The van der Waals surface area contributed by atoms with Crippen molar-refractivity contribution < 1.29 is 4.79 Å². The van der Waals surface area contributed by atoms with Crippen molar-refractivity contribution in [3.63, 3.8) is 0 Å². The van der Waals surface area contributed by atoms with Crippen molar-refractivity contribution in [1.29, 1.82) is 0 Å². The van der Waals surface area contributed by atoms with Gasteiger partial charge in [-0.05, 0) is 48.8 Å². The number of hydrogen-bond acceptors (Lipinski definition) is 3. The number of amides is 1. The van der Waals surface area contributed by atoms with E-state index in [1.807, 2.05) is 10.7 Å². The Balaban J connectivity index is 1.53. The third-order valence-corrected chi connectivity index (χ3v) is 4.95. The number of nitrogens with one attached hydrogen (secondary N) is 1. The average Bonchev–Trinajstić information content (AvgIpc) is 3.11. The van der Waals surface area contributed by atoms with Crippen molar-refractivity contribution in [3.05, 3.63) is 64.6 Å². The Kier molecular flexibility index (Phi) is 4.22. The SMILES string of the molecule is CCc1ccc(CNC(=O)c2cnn3c4c(cnc23)CCCC4)cc1. The van der Waals surface area contributed by atoms with Gasteiger partial charge in [-0.15, -0.1) is 0 Å². The molecule has 1 aromatic carbocycles. The number of benzene rings is 1. The van der Waals surface area contributed by atoms with E-state index >= 15 is 0 Å². The Morgan fingerprint density at radius 3 is 2.68 bits per heavy atom. The number of aryl methyl sites for hydroxylation is 3. The minimum Gasteiger partial charge on any atom is -0.348 e. The maximum atomic E-state index is 12.6. The van der Waals surface area contributed by atoms with Gasteiger partial charge >= 0.3 is 0 Å². The van der Waals surface area contributed by atoms with Crippen LogP contribution in [0.2, 0.25) is 0 Å². The van der Waals surface area contributed by atoms with E-state index < -0.39 is 0 Å². The molecular formula is C20H22N4O. The summed E-state index contributed by atoms with van der Waals surface area (Å²) in [5.74, 6) is -0.127. The van der Waals surface area contributed by atoms with Crippen LogP contribution >= 0.6 is 0 Å². The molecule has 0 saturated carbocycles. The van der Waals surface area contributed by atoms with Crippen LogP contribution in [0.3, 0.4) is 0 Å². The number of carbonyl (C=O) groups is 1. The molecule has 0 atom stereocenters. The van der Waals surface area contributed by atoms with Gasteiger partial charge in [0.05, 0.1) is 6.20 Å². The van der Waals surface area contributed by atoms with Crippen molar-refractivity contribution in [1.82, 2.24) is 19.9 Å². The number of hydrogen-bond donors (Lipinski definition) is 1. The molecule has 2 aromatic heterocycles. The minimum atomic E-state index is -0.127. The normalized spacial score (nSPS) is 13.6. The summed E-state index contributed by atoms with van der Waals surface area (Å²) < 4.78 is 1.85. The quantitative estimate of drug-likeness (QED) is 0.797. The molecule has 1 amide bonds. The number of fused-ring (bicyclic) bond motifs is 3. The summed E-state index contributed by atoms with van der Waals surface area (Å²) in [4.78, 5) is 17.1. The second-order valence-corrected chi connectivity index (χ2v) is 6.58. The van der Waals surface area contributed by atoms with Gasteiger partial charge in [-0.3, -0.25) is 4.79 Å². The number of rotatable bonds is 4. The van der Waals surface area contributed by atoms with Crippen LogP contribution in [0.15, 0.2) is 36.7 Å². The molecule has 0 unspecified atom stereocenters. The molecule has 0 spiro atoms. The van der Waals surface area contributed by atoms with Gasteiger partial charge in [-0.2, -0.15) is 5.10 Å². The van der Waals surface area contributed by atoms with Gasteiger partial charge < -0.3 is 5.32 Å². The Labute approximate surface area is 147 Å². The molecule has 0 aliphatic heterocycles. The van der Waals surface area contributed by atoms with E-state index in [2.05, 4.69) is 46.6 Å². The van der Waals surface area contributed by atoms with E-state index in [1.54, 1.807) is 6.20 Å². The summed E-state index contributed by atoms with van der Waals surface area (Å²) in [7, 11) is 0. The van der Waals surface area contributed by atoms with Crippen LogP contribution < -0.4 is 5.32 Å².